The van der Waals surface area contributed by atoms with Crippen LogP contribution in [0, 0.1) is 12.3 Å². The van der Waals surface area contributed by atoms with Crippen molar-refractivity contribution in [2.24, 2.45) is 0 Å². The summed E-state index contributed by atoms with van der Waals surface area (Å²) in [6, 6.07) is 1.45. The lowest BCUT2D eigenvalue weighted by Crippen LogP contribution is -2.19. The first-order valence-electron chi connectivity index (χ1n) is 4.08. The molecular formula is C9H8BF3N-. The maximum atomic E-state index is 12.1. The molecule has 0 aliphatic heterocycles. The highest BCUT2D eigenvalue weighted by Crippen LogP contribution is 2.16. The van der Waals surface area contributed by atoms with Gasteiger partial charge in [0.25, 0.3) is 0 Å². The van der Waals surface area contributed by atoms with Gasteiger partial charge in [-0.3, -0.25) is 4.98 Å². The first-order chi connectivity index (χ1) is 6.51. The van der Waals surface area contributed by atoms with E-state index in [2.05, 4.69) is 10.9 Å². The van der Waals surface area contributed by atoms with Gasteiger partial charge in [-0.25, -0.2) is 0 Å². The SMILES string of the molecule is C#CCc1cncc(C[B-](F)(F)F)c1. The van der Waals surface area contributed by atoms with Crippen molar-refractivity contribution in [3.63, 3.8) is 0 Å². The van der Waals surface area contributed by atoms with Crippen LogP contribution in [0.1, 0.15) is 11.1 Å². The van der Waals surface area contributed by atoms with Crippen LogP contribution >= 0.6 is 0 Å². The monoisotopic (exact) mass is 198 g/mol. The van der Waals surface area contributed by atoms with Crippen LogP contribution in [-0.2, 0) is 12.7 Å². The van der Waals surface area contributed by atoms with Gasteiger partial charge in [0.15, 0.2) is 0 Å². The van der Waals surface area contributed by atoms with Crippen molar-refractivity contribution in [2.45, 2.75) is 12.7 Å². The van der Waals surface area contributed by atoms with E-state index < -0.39 is 13.3 Å². The Morgan fingerprint density at radius 1 is 1.29 bits per heavy atom. The van der Waals surface area contributed by atoms with E-state index in [0.717, 1.165) is 0 Å². The Kier molecular flexibility index (Phi) is 3.18. The molecule has 0 amide bonds. The smallest absolute Gasteiger partial charge is 0.449 e. The summed E-state index contributed by atoms with van der Waals surface area (Å²) in [6.45, 7) is -4.80. The Labute approximate surface area is 80.4 Å². The summed E-state index contributed by atoms with van der Waals surface area (Å²) in [5.41, 5.74) is 0.815. The molecule has 0 aliphatic carbocycles. The lowest BCUT2D eigenvalue weighted by molar-refractivity contribution is 0.468. The van der Waals surface area contributed by atoms with Crippen molar-refractivity contribution in [1.82, 2.24) is 4.98 Å². The number of halogens is 3. The minimum atomic E-state index is -4.80. The standard InChI is InChI=1S/C9H8BF3N/c1-2-3-8-4-9(7-14-6-8)5-10(11,12)13/h1,4,6-7H,3,5H2/q-1. The van der Waals surface area contributed by atoms with Gasteiger partial charge in [0.2, 0.25) is 0 Å². The highest BCUT2D eigenvalue weighted by Gasteiger charge is 2.23. The van der Waals surface area contributed by atoms with Crippen LogP contribution in [0.15, 0.2) is 18.5 Å². The lowest BCUT2D eigenvalue weighted by Gasteiger charge is -2.13. The summed E-state index contributed by atoms with van der Waals surface area (Å²) in [5.74, 6) is 2.36. The second kappa shape index (κ2) is 4.18. The van der Waals surface area contributed by atoms with Crippen LogP contribution in [0.4, 0.5) is 12.9 Å². The second-order valence-corrected chi connectivity index (χ2v) is 3.00. The second-order valence-electron chi connectivity index (χ2n) is 3.00. The fraction of sp³-hybridized carbons (Fsp3) is 0.222. The molecule has 5 heteroatoms. The molecule has 74 valence electrons. The minimum absolute atomic E-state index is 0.172. The molecule has 1 heterocycles. The Morgan fingerprint density at radius 3 is 2.50 bits per heavy atom. The summed E-state index contributed by atoms with van der Waals surface area (Å²) in [4.78, 5) is 3.70. The number of nitrogens with zero attached hydrogens (tertiary/aromatic N) is 1. The average molecular weight is 198 g/mol. The number of pyridine rings is 1. The third-order valence-electron chi connectivity index (χ3n) is 1.62. The van der Waals surface area contributed by atoms with Gasteiger partial charge < -0.3 is 12.9 Å². The minimum Gasteiger partial charge on any atom is -0.449 e. The van der Waals surface area contributed by atoms with Crippen molar-refractivity contribution in [3.8, 4) is 12.3 Å². The molecule has 1 aromatic rings. The van der Waals surface area contributed by atoms with Crippen LogP contribution < -0.4 is 0 Å². The predicted molar refractivity (Wildman–Crippen MR) is 49.6 cm³/mol. The topological polar surface area (TPSA) is 12.9 Å². The molecule has 0 spiro atoms. The number of hydrogen-bond acceptors (Lipinski definition) is 1. The van der Waals surface area contributed by atoms with Crippen molar-refractivity contribution in [1.29, 1.82) is 0 Å². The van der Waals surface area contributed by atoms with E-state index in [4.69, 9.17) is 6.42 Å². The van der Waals surface area contributed by atoms with Crippen LogP contribution in [0.2, 0.25) is 0 Å². The summed E-state index contributed by atoms with van der Waals surface area (Å²) >= 11 is 0. The van der Waals surface area contributed by atoms with E-state index in [1.54, 1.807) is 0 Å². The van der Waals surface area contributed by atoms with Crippen molar-refractivity contribution in [3.05, 3.63) is 29.6 Å². The average Bonchev–Trinajstić information content (AvgIpc) is 2.02. The fourth-order valence-electron chi connectivity index (χ4n) is 1.13. The number of rotatable bonds is 3. The normalized spacial score (nSPS) is 11.0. The molecule has 0 N–H and O–H groups in total. The molecule has 1 nitrogen and oxygen atoms in total. The zero-order chi connectivity index (χ0) is 10.6. The Hall–Kier alpha value is -1.44. The summed E-state index contributed by atoms with van der Waals surface area (Å²) in [5, 5.41) is 0. The quantitative estimate of drug-likeness (QED) is 0.535. The molecule has 0 saturated carbocycles. The molecule has 0 aliphatic rings. The van der Waals surface area contributed by atoms with Gasteiger partial charge in [-0.2, -0.15) is 0 Å². The molecule has 0 saturated heterocycles. The summed E-state index contributed by atoms with van der Waals surface area (Å²) in [6.07, 6.45) is 7.15. The van der Waals surface area contributed by atoms with Gasteiger partial charge >= 0.3 is 6.98 Å². The molecule has 0 bridgehead atoms. The van der Waals surface area contributed by atoms with Crippen LogP contribution in [0.25, 0.3) is 0 Å². The molecule has 0 atom stereocenters. The van der Waals surface area contributed by atoms with E-state index in [1.165, 1.54) is 18.5 Å². The molecule has 1 aromatic heterocycles. The van der Waals surface area contributed by atoms with E-state index in [9.17, 15) is 12.9 Å². The van der Waals surface area contributed by atoms with E-state index in [-0.39, 0.29) is 5.56 Å². The highest BCUT2D eigenvalue weighted by molar-refractivity contribution is 6.57. The van der Waals surface area contributed by atoms with Crippen LogP contribution in [0.3, 0.4) is 0 Å². The van der Waals surface area contributed by atoms with E-state index in [1.807, 2.05) is 0 Å². The molecule has 0 unspecified atom stereocenters. The zero-order valence-corrected chi connectivity index (χ0v) is 7.38. The van der Waals surface area contributed by atoms with E-state index >= 15 is 0 Å². The molecule has 0 radical (unpaired) electrons. The molecule has 14 heavy (non-hydrogen) atoms. The maximum Gasteiger partial charge on any atom is 0.482 e. The van der Waals surface area contributed by atoms with Gasteiger partial charge in [0.1, 0.15) is 0 Å². The fourth-order valence-corrected chi connectivity index (χ4v) is 1.13. The zero-order valence-electron chi connectivity index (χ0n) is 7.38. The lowest BCUT2D eigenvalue weighted by atomic mass is 9.82. The van der Waals surface area contributed by atoms with E-state index in [0.29, 0.717) is 12.0 Å². The number of terminal acetylenes is 1. The third-order valence-corrected chi connectivity index (χ3v) is 1.62. The molecule has 0 aromatic carbocycles. The van der Waals surface area contributed by atoms with Crippen molar-refractivity contribution < 1.29 is 12.9 Å². The van der Waals surface area contributed by atoms with Gasteiger partial charge in [-0.1, -0.05) is 17.9 Å². The van der Waals surface area contributed by atoms with Gasteiger partial charge in [-0.05, 0) is 5.56 Å². The first-order valence-corrected chi connectivity index (χ1v) is 4.08. The number of aromatic nitrogens is 1. The number of hydrogen-bond donors (Lipinski definition) is 0. The molecular weight excluding hydrogens is 190 g/mol. The van der Waals surface area contributed by atoms with Crippen LogP contribution in [-0.4, -0.2) is 12.0 Å². The summed E-state index contributed by atoms with van der Waals surface area (Å²) in [7, 11) is 0. The Balaban J connectivity index is 2.79. The largest absolute Gasteiger partial charge is 0.482 e. The Bertz CT molecular complexity index is 354. The van der Waals surface area contributed by atoms with Gasteiger partial charge in [0.05, 0.1) is 0 Å². The first kappa shape index (κ1) is 10.6. The van der Waals surface area contributed by atoms with Gasteiger partial charge in [0, 0.05) is 18.8 Å². The molecule has 1 rings (SSSR count). The highest BCUT2D eigenvalue weighted by atomic mass is 19.4. The molecule has 0 fully saturated rings. The summed E-state index contributed by atoms with van der Waals surface area (Å²) < 4.78 is 36.2. The van der Waals surface area contributed by atoms with Gasteiger partial charge in [-0.15, -0.1) is 12.3 Å². The van der Waals surface area contributed by atoms with Crippen molar-refractivity contribution in [2.75, 3.05) is 0 Å². The van der Waals surface area contributed by atoms with Crippen LogP contribution in [0.5, 0.6) is 0 Å². The third kappa shape index (κ3) is 3.52. The maximum absolute atomic E-state index is 12.1. The Morgan fingerprint density at radius 2 is 1.93 bits per heavy atom. The van der Waals surface area contributed by atoms with Crippen molar-refractivity contribution >= 4 is 6.98 Å². The predicted octanol–water partition coefficient (Wildman–Crippen LogP) is 2.19.